The van der Waals surface area contributed by atoms with Gasteiger partial charge in [0.1, 0.15) is 5.84 Å². The van der Waals surface area contributed by atoms with E-state index in [0.29, 0.717) is 6.54 Å². The van der Waals surface area contributed by atoms with E-state index in [2.05, 4.69) is 20.4 Å². The fourth-order valence-corrected chi connectivity index (χ4v) is 0.701. The summed E-state index contributed by atoms with van der Waals surface area (Å²) in [6.45, 7) is 2.87. The summed E-state index contributed by atoms with van der Waals surface area (Å²) in [4.78, 5) is 14.5. The smallest absolute Gasteiger partial charge is 0.407 e. The molecule has 2 N–H and O–H groups in total. The molecule has 0 saturated carbocycles. The van der Waals surface area contributed by atoms with Gasteiger partial charge in [0.25, 0.3) is 0 Å². The lowest BCUT2D eigenvalue weighted by molar-refractivity contribution is 0.172. The summed E-state index contributed by atoms with van der Waals surface area (Å²) >= 11 is 0. The first-order valence-corrected chi connectivity index (χ1v) is 3.27. The minimum Gasteiger partial charge on any atom is -0.453 e. The molecule has 1 aliphatic rings. The maximum atomic E-state index is 10.5. The van der Waals surface area contributed by atoms with Gasteiger partial charge < -0.3 is 15.4 Å². The summed E-state index contributed by atoms with van der Waals surface area (Å²) < 4.78 is 4.37. The van der Waals surface area contributed by atoms with Crippen LogP contribution >= 0.6 is 0 Å². The number of nitrogens with zero attached hydrogens (tertiary/aromatic N) is 1. The van der Waals surface area contributed by atoms with E-state index in [-0.39, 0.29) is 0 Å². The standard InChI is InChI=1S/C6H10N3O2/c1-11-6(10)9-4-5-7-2-3-8-5/h2H,3-4H2,1H3,(H,7,8)(H,9,10). The van der Waals surface area contributed by atoms with Crippen LogP contribution in [-0.4, -0.2) is 32.1 Å². The zero-order valence-electron chi connectivity index (χ0n) is 6.26. The lowest BCUT2D eigenvalue weighted by Crippen LogP contribution is -2.34. The summed E-state index contributed by atoms with van der Waals surface area (Å²) in [7, 11) is 1.32. The number of amides is 1. The van der Waals surface area contributed by atoms with E-state index < -0.39 is 6.09 Å². The van der Waals surface area contributed by atoms with Crippen LogP contribution in [0.1, 0.15) is 0 Å². The molecule has 0 bridgehead atoms. The third-order valence-electron chi connectivity index (χ3n) is 1.23. The highest BCUT2D eigenvalue weighted by atomic mass is 16.5. The van der Waals surface area contributed by atoms with Crippen LogP contribution in [0.25, 0.3) is 0 Å². The number of amidine groups is 1. The van der Waals surface area contributed by atoms with Crippen molar-refractivity contribution in [2.24, 2.45) is 4.99 Å². The minimum atomic E-state index is -0.443. The molecule has 0 aliphatic carbocycles. The fraction of sp³-hybridized carbons (Fsp3) is 0.500. The van der Waals surface area contributed by atoms with Gasteiger partial charge in [-0.05, 0) is 0 Å². The molecule has 0 spiro atoms. The van der Waals surface area contributed by atoms with Gasteiger partial charge in [0.15, 0.2) is 0 Å². The van der Waals surface area contributed by atoms with Gasteiger partial charge in [0.05, 0.1) is 20.2 Å². The summed E-state index contributed by atoms with van der Waals surface area (Å²) in [5, 5.41) is 5.46. The van der Waals surface area contributed by atoms with Gasteiger partial charge in [0, 0.05) is 6.54 Å². The van der Waals surface area contributed by atoms with Gasteiger partial charge in [-0.3, -0.25) is 4.99 Å². The molecule has 0 unspecified atom stereocenters. The maximum Gasteiger partial charge on any atom is 0.407 e. The van der Waals surface area contributed by atoms with E-state index in [9.17, 15) is 4.79 Å². The largest absolute Gasteiger partial charge is 0.453 e. The van der Waals surface area contributed by atoms with Crippen LogP contribution in [0.3, 0.4) is 0 Å². The van der Waals surface area contributed by atoms with Gasteiger partial charge in [-0.2, -0.15) is 0 Å². The molecule has 5 nitrogen and oxygen atoms in total. The number of aliphatic imine (C=N–C) groups is 1. The Balaban J connectivity index is 2.16. The summed E-state index contributed by atoms with van der Waals surface area (Å²) in [6.07, 6.45) is -0.443. The Labute approximate surface area is 64.8 Å². The quantitative estimate of drug-likeness (QED) is 0.567. The van der Waals surface area contributed by atoms with Crippen LogP contribution in [0.4, 0.5) is 4.79 Å². The van der Waals surface area contributed by atoms with E-state index in [4.69, 9.17) is 0 Å². The van der Waals surface area contributed by atoms with Crippen molar-refractivity contribution in [1.29, 1.82) is 0 Å². The number of hydrogen-bond donors (Lipinski definition) is 2. The molecule has 0 atom stereocenters. The van der Waals surface area contributed by atoms with Crippen molar-refractivity contribution in [3.8, 4) is 0 Å². The lowest BCUT2D eigenvalue weighted by atomic mass is 10.6. The number of carbonyl (C=O) groups is 1. The van der Waals surface area contributed by atoms with Crippen molar-refractivity contribution in [2.75, 3.05) is 20.2 Å². The van der Waals surface area contributed by atoms with Crippen molar-refractivity contribution in [3.05, 3.63) is 6.54 Å². The topological polar surface area (TPSA) is 62.7 Å². The Kier molecular flexibility index (Phi) is 2.71. The first kappa shape index (κ1) is 7.84. The lowest BCUT2D eigenvalue weighted by Gasteiger charge is -2.02. The molecule has 0 aromatic heterocycles. The van der Waals surface area contributed by atoms with Crippen molar-refractivity contribution in [3.63, 3.8) is 0 Å². The molecule has 1 aliphatic heterocycles. The molecule has 1 heterocycles. The average Bonchev–Trinajstić information content (AvgIpc) is 2.52. The van der Waals surface area contributed by atoms with E-state index in [1.54, 1.807) is 6.54 Å². The molecule has 5 heteroatoms. The molecule has 0 aromatic carbocycles. The predicted molar refractivity (Wildman–Crippen MR) is 40.1 cm³/mol. The van der Waals surface area contributed by atoms with Crippen molar-refractivity contribution < 1.29 is 9.53 Å². The first-order valence-electron chi connectivity index (χ1n) is 3.27. The molecule has 1 rings (SSSR count). The second kappa shape index (κ2) is 3.80. The van der Waals surface area contributed by atoms with Crippen LogP contribution in [0.2, 0.25) is 0 Å². The van der Waals surface area contributed by atoms with Crippen LogP contribution < -0.4 is 10.6 Å². The van der Waals surface area contributed by atoms with Crippen LogP contribution in [-0.2, 0) is 4.74 Å². The molecule has 0 saturated heterocycles. The molecule has 1 amide bonds. The normalized spacial score (nSPS) is 15.2. The number of rotatable bonds is 2. The Bertz CT molecular complexity index is 179. The summed E-state index contributed by atoms with van der Waals surface area (Å²) in [5.41, 5.74) is 0. The Morgan fingerprint density at radius 3 is 3.36 bits per heavy atom. The first-order chi connectivity index (χ1) is 5.33. The molecule has 61 valence electrons. The maximum absolute atomic E-state index is 10.5. The third-order valence-corrected chi connectivity index (χ3v) is 1.23. The van der Waals surface area contributed by atoms with E-state index in [1.165, 1.54) is 7.11 Å². The van der Waals surface area contributed by atoms with Crippen LogP contribution in [0.5, 0.6) is 0 Å². The van der Waals surface area contributed by atoms with Gasteiger partial charge in [-0.1, -0.05) is 0 Å². The molecule has 0 fully saturated rings. The van der Waals surface area contributed by atoms with E-state index in [0.717, 1.165) is 12.4 Å². The van der Waals surface area contributed by atoms with Gasteiger partial charge in [-0.25, -0.2) is 4.79 Å². The SMILES string of the molecule is COC(=O)NCC1=N[CH]CN1. The average molecular weight is 156 g/mol. The number of carbonyl (C=O) groups excluding carboxylic acids is 1. The summed E-state index contributed by atoms with van der Waals surface area (Å²) in [6, 6.07) is 0. The van der Waals surface area contributed by atoms with Gasteiger partial charge in [0.2, 0.25) is 0 Å². The van der Waals surface area contributed by atoms with Crippen molar-refractivity contribution in [1.82, 2.24) is 10.6 Å². The number of ether oxygens (including phenoxy) is 1. The third kappa shape index (κ3) is 2.45. The zero-order valence-corrected chi connectivity index (χ0v) is 6.26. The summed E-state index contributed by atoms with van der Waals surface area (Å²) in [5.74, 6) is 0.760. The minimum absolute atomic E-state index is 0.392. The van der Waals surface area contributed by atoms with Gasteiger partial charge >= 0.3 is 6.09 Å². The molecule has 1 radical (unpaired) electrons. The highest BCUT2D eigenvalue weighted by Crippen LogP contribution is 1.88. The molecule has 11 heavy (non-hydrogen) atoms. The Hall–Kier alpha value is -1.26. The Morgan fingerprint density at radius 2 is 2.82 bits per heavy atom. The number of hydrogen-bond acceptors (Lipinski definition) is 4. The van der Waals surface area contributed by atoms with Crippen LogP contribution in [0.15, 0.2) is 4.99 Å². The second-order valence-electron chi connectivity index (χ2n) is 1.98. The highest BCUT2D eigenvalue weighted by Gasteiger charge is 2.06. The fourth-order valence-electron chi connectivity index (χ4n) is 0.701. The van der Waals surface area contributed by atoms with Crippen molar-refractivity contribution >= 4 is 11.9 Å². The zero-order chi connectivity index (χ0) is 8.10. The van der Waals surface area contributed by atoms with E-state index >= 15 is 0 Å². The predicted octanol–water partition coefficient (Wildman–Crippen LogP) is -0.494. The number of alkyl carbamates (subject to hydrolysis) is 1. The number of methoxy groups -OCH3 is 1. The molecular formula is C6H10N3O2. The number of nitrogens with one attached hydrogen (secondary N) is 2. The van der Waals surface area contributed by atoms with Crippen LogP contribution in [0, 0.1) is 6.54 Å². The highest BCUT2D eigenvalue weighted by molar-refractivity contribution is 5.88. The van der Waals surface area contributed by atoms with Gasteiger partial charge in [-0.15, -0.1) is 0 Å². The monoisotopic (exact) mass is 156 g/mol. The second-order valence-corrected chi connectivity index (χ2v) is 1.98. The van der Waals surface area contributed by atoms with E-state index in [1.807, 2.05) is 0 Å². The van der Waals surface area contributed by atoms with Crippen molar-refractivity contribution in [2.45, 2.75) is 0 Å². The molecular weight excluding hydrogens is 146 g/mol. The Morgan fingerprint density at radius 1 is 2.00 bits per heavy atom. The molecule has 0 aromatic rings.